The molecule has 1 fully saturated rings. The summed E-state index contributed by atoms with van der Waals surface area (Å²) in [4.78, 5) is 30.4. The summed E-state index contributed by atoms with van der Waals surface area (Å²) in [5.74, 6) is 0.593. The summed E-state index contributed by atoms with van der Waals surface area (Å²) < 4.78 is 12.4. The van der Waals surface area contributed by atoms with Crippen molar-refractivity contribution in [3.8, 4) is 5.75 Å². The van der Waals surface area contributed by atoms with Crippen LogP contribution in [-0.2, 0) is 26.5 Å². The minimum atomic E-state index is -2.24. The average Bonchev–Trinajstić information content (AvgIpc) is 3.49. The summed E-state index contributed by atoms with van der Waals surface area (Å²) in [7, 11) is -0.579. The van der Waals surface area contributed by atoms with E-state index in [1.807, 2.05) is 95.9 Å². The Morgan fingerprint density at radius 1 is 0.956 bits per heavy atom. The van der Waals surface area contributed by atoms with Crippen LogP contribution in [0.1, 0.15) is 24.5 Å². The van der Waals surface area contributed by atoms with Gasteiger partial charge in [0.25, 0.3) is 5.91 Å². The fraction of sp³-hybridized carbons (Fsp3) is 0.297. The highest BCUT2D eigenvalue weighted by atomic mass is 28.3. The topological polar surface area (TPSA) is 79.3 Å². The third kappa shape index (κ3) is 5.16. The number of carbonyl (C=O) groups excluding carboxylic acids is 2. The first kappa shape index (κ1) is 30.8. The number of methoxy groups -OCH3 is 1. The van der Waals surface area contributed by atoms with Crippen LogP contribution in [0.4, 0.5) is 17.1 Å². The third-order valence-corrected chi connectivity index (χ3v) is 14.2. The zero-order valence-electron chi connectivity index (χ0n) is 26.2. The lowest BCUT2D eigenvalue weighted by Crippen LogP contribution is -2.51. The van der Waals surface area contributed by atoms with Crippen LogP contribution in [0.2, 0.25) is 18.6 Å². The van der Waals surface area contributed by atoms with Crippen molar-refractivity contribution in [3.63, 3.8) is 0 Å². The molecule has 8 heteroatoms. The molecule has 232 valence electrons. The number of aliphatic hydroxyl groups is 1. The third-order valence-electron chi connectivity index (χ3n) is 9.83. The van der Waals surface area contributed by atoms with Crippen LogP contribution < -0.4 is 19.7 Å². The number of rotatable bonds is 10. The van der Waals surface area contributed by atoms with Gasteiger partial charge in [-0.3, -0.25) is 14.5 Å². The molecule has 4 aromatic rings. The predicted molar refractivity (Wildman–Crippen MR) is 180 cm³/mol. The van der Waals surface area contributed by atoms with Gasteiger partial charge in [0.05, 0.1) is 33.5 Å². The number of ether oxygens (including phenoxy) is 2. The lowest BCUT2D eigenvalue weighted by Gasteiger charge is -2.37. The smallest absolute Gasteiger partial charge is 0.264 e. The summed E-state index contributed by atoms with van der Waals surface area (Å²) in [6, 6.07) is 33.4. The molecule has 4 aromatic carbocycles. The zero-order valence-corrected chi connectivity index (χ0v) is 27.2. The van der Waals surface area contributed by atoms with E-state index >= 15 is 0 Å². The molecule has 2 heterocycles. The van der Waals surface area contributed by atoms with Gasteiger partial charge in [-0.1, -0.05) is 85.9 Å². The minimum absolute atomic E-state index is 0.0158. The molecule has 0 aliphatic carbocycles. The van der Waals surface area contributed by atoms with Crippen molar-refractivity contribution in [1.29, 1.82) is 0 Å². The highest BCUT2D eigenvalue weighted by molar-refractivity contribution is 6.91. The van der Waals surface area contributed by atoms with Gasteiger partial charge in [0.2, 0.25) is 6.41 Å². The van der Waals surface area contributed by atoms with E-state index in [-0.39, 0.29) is 30.1 Å². The SMILES string of the molecule is COc1ccc([Si](C)(C)[C@H]2[C@H](CCO)O[C@@]3(C(=O)N(Cc4cccc(N(C=O)c5ccccc5)c4)c4ccccc43)[C@@H]2C)cc1. The number of hydrogen-bond donors (Lipinski definition) is 1. The van der Waals surface area contributed by atoms with Crippen molar-refractivity contribution >= 4 is 42.6 Å². The second-order valence-corrected chi connectivity index (χ2v) is 17.2. The highest BCUT2D eigenvalue weighted by Gasteiger charge is 2.66. The monoisotopic (exact) mass is 620 g/mol. The fourth-order valence-electron chi connectivity index (χ4n) is 7.67. The van der Waals surface area contributed by atoms with Crippen LogP contribution in [0.15, 0.2) is 103 Å². The lowest BCUT2D eigenvalue weighted by atomic mass is 9.82. The average molecular weight is 621 g/mol. The molecule has 0 unspecified atom stereocenters. The Morgan fingerprint density at radius 3 is 2.33 bits per heavy atom. The lowest BCUT2D eigenvalue weighted by molar-refractivity contribution is -0.146. The number of aliphatic hydroxyl groups excluding tert-OH is 1. The van der Waals surface area contributed by atoms with Crippen molar-refractivity contribution in [1.82, 2.24) is 0 Å². The van der Waals surface area contributed by atoms with Crippen LogP contribution in [0.5, 0.6) is 5.75 Å². The Kier molecular flexibility index (Phi) is 8.39. The van der Waals surface area contributed by atoms with Gasteiger partial charge < -0.3 is 19.5 Å². The van der Waals surface area contributed by atoms with Gasteiger partial charge in [0, 0.05) is 29.5 Å². The standard InChI is InChI=1S/C37H40N2O5Si/c1-26-35(45(3,4)31-19-17-30(43-2)18-20-31)34(21-22-40)44-37(26)32-15-8-9-16-33(32)38(36(37)42)24-27-11-10-14-29(23-27)39(25-41)28-12-6-5-7-13-28/h5-20,23,25-26,34-35,40H,21-22,24H2,1-4H3/t26-,34+,35-,37+/m1/s1. The Hall–Kier alpha value is -4.24. The van der Waals surface area contributed by atoms with E-state index in [9.17, 15) is 14.7 Å². The molecular formula is C37H40N2O5Si. The number of hydrogen-bond acceptors (Lipinski definition) is 5. The number of benzene rings is 4. The van der Waals surface area contributed by atoms with Crippen molar-refractivity contribution in [2.45, 2.75) is 50.2 Å². The Balaban J connectivity index is 1.37. The molecule has 45 heavy (non-hydrogen) atoms. The van der Waals surface area contributed by atoms with Crippen LogP contribution in [0.3, 0.4) is 0 Å². The number of fused-ring (bicyclic) bond motifs is 2. The number of para-hydroxylation sites is 2. The normalized spacial score (nSPS) is 22.5. The maximum absolute atomic E-state index is 14.8. The van der Waals surface area contributed by atoms with Crippen molar-refractivity contribution in [2.75, 3.05) is 23.5 Å². The summed E-state index contributed by atoms with van der Waals surface area (Å²) in [5, 5.41) is 11.4. The van der Waals surface area contributed by atoms with Gasteiger partial charge in [-0.15, -0.1) is 0 Å². The van der Waals surface area contributed by atoms with Crippen LogP contribution in [0.25, 0.3) is 0 Å². The fourth-order valence-corrected chi connectivity index (χ4v) is 11.7. The van der Waals surface area contributed by atoms with Gasteiger partial charge in [0.1, 0.15) is 5.75 Å². The molecule has 0 saturated carbocycles. The van der Waals surface area contributed by atoms with Crippen LogP contribution >= 0.6 is 0 Å². The quantitative estimate of drug-likeness (QED) is 0.170. The minimum Gasteiger partial charge on any atom is -0.497 e. The molecule has 2 aliphatic heterocycles. The molecule has 0 aromatic heterocycles. The Morgan fingerprint density at radius 2 is 1.64 bits per heavy atom. The second kappa shape index (κ2) is 12.3. The zero-order chi connectivity index (χ0) is 31.8. The number of anilines is 3. The van der Waals surface area contributed by atoms with Gasteiger partial charge in [-0.2, -0.15) is 0 Å². The molecular weight excluding hydrogens is 581 g/mol. The van der Waals surface area contributed by atoms with Gasteiger partial charge in [-0.25, -0.2) is 0 Å². The number of carbonyl (C=O) groups is 2. The summed E-state index contributed by atoms with van der Waals surface area (Å²) in [6.07, 6.45) is 0.993. The van der Waals surface area contributed by atoms with Crippen molar-refractivity contribution in [2.24, 2.45) is 5.92 Å². The highest BCUT2D eigenvalue weighted by Crippen LogP contribution is 2.60. The number of amides is 2. The van der Waals surface area contributed by atoms with E-state index < -0.39 is 13.7 Å². The summed E-state index contributed by atoms with van der Waals surface area (Å²) in [6.45, 7) is 7.14. The predicted octanol–water partition coefficient (Wildman–Crippen LogP) is 6.13. The molecule has 7 nitrogen and oxygen atoms in total. The van der Waals surface area contributed by atoms with Gasteiger partial charge in [0.15, 0.2) is 5.60 Å². The molecule has 2 aliphatic rings. The van der Waals surface area contributed by atoms with E-state index in [4.69, 9.17) is 9.47 Å². The van der Waals surface area contributed by atoms with Gasteiger partial charge in [-0.05, 0) is 60.0 Å². The second-order valence-electron chi connectivity index (χ2n) is 12.6. The largest absolute Gasteiger partial charge is 0.497 e. The van der Waals surface area contributed by atoms with E-state index in [2.05, 4.69) is 32.2 Å². The van der Waals surface area contributed by atoms with Crippen LogP contribution in [-0.4, -0.2) is 45.3 Å². The maximum Gasteiger partial charge on any atom is 0.264 e. The Labute approximate surface area is 266 Å². The molecule has 4 atom stereocenters. The maximum atomic E-state index is 14.8. The Bertz CT molecular complexity index is 1680. The van der Waals surface area contributed by atoms with Crippen LogP contribution in [0, 0.1) is 5.92 Å². The molecule has 1 N–H and O–H groups in total. The molecule has 0 bridgehead atoms. The summed E-state index contributed by atoms with van der Waals surface area (Å²) >= 11 is 0. The molecule has 1 spiro atoms. The van der Waals surface area contributed by atoms with Crippen molar-refractivity contribution < 1.29 is 24.2 Å². The first-order chi connectivity index (χ1) is 21.8. The van der Waals surface area contributed by atoms with E-state index in [0.717, 1.165) is 40.3 Å². The molecule has 2 amide bonds. The molecule has 1 saturated heterocycles. The molecule has 6 rings (SSSR count). The van der Waals surface area contributed by atoms with Gasteiger partial charge >= 0.3 is 0 Å². The number of nitrogens with zero attached hydrogens (tertiary/aromatic N) is 2. The van der Waals surface area contributed by atoms with E-state index in [1.54, 1.807) is 12.0 Å². The summed E-state index contributed by atoms with van der Waals surface area (Å²) in [5.41, 5.74) is 3.02. The van der Waals surface area contributed by atoms with E-state index in [1.165, 1.54) is 5.19 Å². The first-order valence-electron chi connectivity index (χ1n) is 15.5. The molecule has 0 radical (unpaired) electrons. The van der Waals surface area contributed by atoms with Crippen molar-refractivity contribution in [3.05, 3.63) is 114 Å². The first-order valence-corrected chi connectivity index (χ1v) is 18.6. The van der Waals surface area contributed by atoms with E-state index in [0.29, 0.717) is 13.0 Å².